The second-order valence-corrected chi connectivity index (χ2v) is 4.46. The molecule has 76 valence electrons. The van der Waals surface area contributed by atoms with E-state index in [1.807, 2.05) is 12.1 Å². The van der Waals surface area contributed by atoms with Crippen LogP contribution in [0.4, 0.5) is 11.4 Å². The summed E-state index contributed by atoms with van der Waals surface area (Å²) in [6, 6.07) is 6.69. The molecule has 3 N–H and O–H groups in total. The van der Waals surface area contributed by atoms with Gasteiger partial charge in [-0.15, -0.1) is 0 Å². The van der Waals surface area contributed by atoms with Crippen LogP contribution in [0.3, 0.4) is 0 Å². The van der Waals surface area contributed by atoms with Gasteiger partial charge < -0.3 is 11.1 Å². The second-order valence-electron chi connectivity index (χ2n) is 4.46. The molecule has 0 saturated heterocycles. The topological polar surface area (TPSA) is 38.0 Å². The molecule has 0 bridgehead atoms. The third kappa shape index (κ3) is 1.69. The summed E-state index contributed by atoms with van der Waals surface area (Å²) >= 11 is 0. The number of nitrogens with one attached hydrogen (secondary N) is 1. The Morgan fingerprint density at radius 1 is 1.36 bits per heavy atom. The van der Waals surface area contributed by atoms with E-state index in [-0.39, 0.29) is 0 Å². The lowest BCUT2D eigenvalue weighted by Crippen LogP contribution is -2.34. The maximum atomic E-state index is 5.92. The van der Waals surface area contributed by atoms with Crippen molar-refractivity contribution in [3.8, 4) is 0 Å². The minimum absolute atomic E-state index is 0.633. The maximum absolute atomic E-state index is 5.92. The number of hydrogen-bond acceptors (Lipinski definition) is 2. The van der Waals surface area contributed by atoms with Crippen molar-refractivity contribution < 1.29 is 0 Å². The lowest BCUT2D eigenvalue weighted by Gasteiger charge is -2.34. The van der Waals surface area contributed by atoms with Crippen LogP contribution in [0.25, 0.3) is 0 Å². The first-order chi connectivity index (χ1) is 6.66. The summed E-state index contributed by atoms with van der Waals surface area (Å²) < 4.78 is 0. The van der Waals surface area contributed by atoms with Crippen LogP contribution in [0.5, 0.6) is 0 Å². The minimum Gasteiger partial charge on any atom is -0.397 e. The van der Waals surface area contributed by atoms with E-state index in [1.54, 1.807) is 0 Å². The molecule has 1 aromatic rings. The average molecular weight is 190 g/mol. The third-order valence-corrected chi connectivity index (χ3v) is 3.03. The van der Waals surface area contributed by atoms with E-state index in [0.717, 1.165) is 17.3 Å². The second kappa shape index (κ2) is 3.52. The molecule has 0 aromatic heterocycles. The van der Waals surface area contributed by atoms with Gasteiger partial charge in [-0.1, -0.05) is 19.1 Å². The zero-order chi connectivity index (χ0) is 10.1. The molecular formula is C12H18N2. The number of nitrogen functional groups attached to an aromatic ring is 1. The number of aryl methyl sites for hydroxylation is 1. The van der Waals surface area contributed by atoms with E-state index >= 15 is 0 Å². The van der Waals surface area contributed by atoms with Gasteiger partial charge >= 0.3 is 0 Å². The van der Waals surface area contributed by atoms with Gasteiger partial charge in [-0.25, -0.2) is 0 Å². The number of hydrogen-bond donors (Lipinski definition) is 2. The van der Waals surface area contributed by atoms with Crippen LogP contribution < -0.4 is 11.1 Å². The standard InChI is InChI=1S/C12H18N2/c1-8-6-10(7-8)14-12-9(2)4-3-5-11(12)13/h3-5,8,10,14H,6-7,13H2,1-2H3. The molecule has 14 heavy (non-hydrogen) atoms. The molecule has 2 heteroatoms. The molecule has 1 aromatic carbocycles. The van der Waals surface area contributed by atoms with Crippen molar-refractivity contribution in [2.75, 3.05) is 11.1 Å². The van der Waals surface area contributed by atoms with Gasteiger partial charge in [0.1, 0.15) is 0 Å². The fourth-order valence-electron chi connectivity index (χ4n) is 2.11. The van der Waals surface area contributed by atoms with E-state index in [0.29, 0.717) is 6.04 Å². The first-order valence-electron chi connectivity index (χ1n) is 5.28. The Morgan fingerprint density at radius 2 is 2.07 bits per heavy atom. The smallest absolute Gasteiger partial charge is 0.0605 e. The van der Waals surface area contributed by atoms with Crippen LogP contribution >= 0.6 is 0 Å². The molecule has 2 nitrogen and oxygen atoms in total. The highest BCUT2D eigenvalue weighted by Crippen LogP contribution is 2.32. The number of benzene rings is 1. The first-order valence-corrected chi connectivity index (χ1v) is 5.28. The molecule has 1 aliphatic carbocycles. The lowest BCUT2D eigenvalue weighted by molar-refractivity contribution is 0.309. The fraction of sp³-hybridized carbons (Fsp3) is 0.500. The third-order valence-electron chi connectivity index (χ3n) is 3.03. The largest absolute Gasteiger partial charge is 0.397 e. The fourth-order valence-corrected chi connectivity index (χ4v) is 2.11. The zero-order valence-corrected chi connectivity index (χ0v) is 8.88. The number of rotatable bonds is 2. The molecule has 0 amide bonds. The Labute approximate surface area is 85.5 Å². The molecule has 0 atom stereocenters. The van der Waals surface area contributed by atoms with Crippen molar-refractivity contribution in [1.29, 1.82) is 0 Å². The Morgan fingerprint density at radius 3 is 2.64 bits per heavy atom. The van der Waals surface area contributed by atoms with Crippen molar-refractivity contribution in [1.82, 2.24) is 0 Å². The van der Waals surface area contributed by atoms with Crippen LogP contribution in [0.15, 0.2) is 18.2 Å². The highest BCUT2D eigenvalue weighted by Gasteiger charge is 2.25. The summed E-state index contributed by atoms with van der Waals surface area (Å²) in [6.45, 7) is 4.39. The Hall–Kier alpha value is -1.18. The normalized spacial score (nSPS) is 25.6. The van der Waals surface area contributed by atoms with E-state index < -0.39 is 0 Å². The molecule has 0 spiro atoms. The lowest BCUT2D eigenvalue weighted by atomic mass is 9.81. The van der Waals surface area contributed by atoms with Crippen LogP contribution in [0, 0.1) is 12.8 Å². The van der Waals surface area contributed by atoms with E-state index in [4.69, 9.17) is 5.73 Å². The van der Waals surface area contributed by atoms with Crippen molar-refractivity contribution in [3.05, 3.63) is 23.8 Å². The van der Waals surface area contributed by atoms with Crippen LogP contribution in [-0.2, 0) is 0 Å². The predicted molar refractivity (Wildman–Crippen MR) is 61.4 cm³/mol. The summed E-state index contributed by atoms with van der Waals surface area (Å²) in [5.74, 6) is 0.873. The molecule has 0 unspecified atom stereocenters. The van der Waals surface area contributed by atoms with Gasteiger partial charge in [-0.3, -0.25) is 0 Å². The summed E-state index contributed by atoms with van der Waals surface area (Å²) in [5, 5.41) is 3.52. The average Bonchev–Trinajstić information content (AvgIpc) is 2.08. The van der Waals surface area contributed by atoms with Crippen molar-refractivity contribution in [3.63, 3.8) is 0 Å². The van der Waals surface area contributed by atoms with E-state index in [1.165, 1.54) is 18.4 Å². The SMILES string of the molecule is Cc1cccc(N)c1NC1CC(C)C1. The summed E-state index contributed by atoms with van der Waals surface area (Å²) in [4.78, 5) is 0. The molecule has 1 fully saturated rings. The van der Waals surface area contributed by atoms with E-state index in [9.17, 15) is 0 Å². The van der Waals surface area contributed by atoms with Crippen molar-refractivity contribution in [2.45, 2.75) is 32.7 Å². The molecule has 0 aliphatic heterocycles. The minimum atomic E-state index is 0.633. The quantitative estimate of drug-likeness (QED) is 0.704. The Bertz CT molecular complexity index is 307. The van der Waals surface area contributed by atoms with Crippen LogP contribution in [0.1, 0.15) is 25.3 Å². The molecular weight excluding hydrogens is 172 g/mol. The molecule has 1 saturated carbocycles. The Kier molecular flexibility index (Phi) is 2.36. The maximum Gasteiger partial charge on any atom is 0.0605 e. The van der Waals surface area contributed by atoms with Gasteiger partial charge in [0.05, 0.1) is 11.4 Å². The summed E-state index contributed by atoms with van der Waals surface area (Å²) in [7, 11) is 0. The zero-order valence-electron chi connectivity index (χ0n) is 8.88. The number of anilines is 2. The molecule has 2 rings (SSSR count). The van der Waals surface area contributed by atoms with Crippen LogP contribution in [-0.4, -0.2) is 6.04 Å². The summed E-state index contributed by atoms with van der Waals surface area (Å²) in [5.41, 5.74) is 9.16. The highest BCUT2D eigenvalue weighted by atomic mass is 15.0. The number of para-hydroxylation sites is 1. The van der Waals surface area contributed by atoms with Gasteiger partial charge in [0.25, 0.3) is 0 Å². The first kappa shape index (κ1) is 9.38. The molecule has 0 radical (unpaired) electrons. The van der Waals surface area contributed by atoms with Gasteiger partial charge in [-0.05, 0) is 37.3 Å². The van der Waals surface area contributed by atoms with Gasteiger partial charge in [0.2, 0.25) is 0 Å². The van der Waals surface area contributed by atoms with Gasteiger partial charge in [-0.2, -0.15) is 0 Å². The predicted octanol–water partition coefficient (Wildman–Crippen LogP) is 2.79. The van der Waals surface area contributed by atoms with Crippen LogP contribution in [0.2, 0.25) is 0 Å². The highest BCUT2D eigenvalue weighted by molar-refractivity contribution is 5.70. The van der Waals surface area contributed by atoms with Crippen molar-refractivity contribution in [2.24, 2.45) is 5.92 Å². The van der Waals surface area contributed by atoms with Gasteiger partial charge in [0.15, 0.2) is 0 Å². The van der Waals surface area contributed by atoms with Crippen molar-refractivity contribution >= 4 is 11.4 Å². The van der Waals surface area contributed by atoms with E-state index in [2.05, 4.69) is 25.2 Å². The number of nitrogens with two attached hydrogens (primary N) is 1. The summed E-state index contributed by atoms with van der Waals surface area (Å²) in [6.07, 6.45) is 2.54. The Balaban J connectivity index is 2.09. The molecule has 1 aliphatic rings. The van der Waals surface area contributed by atoms with Gasteiger partial charge in [0, 0.05) is 6.04 Å². The molecule has 0 heterocycles. The monoisotopic (exact) mass is 190 g/mol.